The van der Waals surface area contributed by atoms with E-state index >= 15 is 0 Å². The maximum absolute atomic E-state index is 13.2. The fourth-order valence-electron chi connectivity index (χ4n) is 4.64. The molecule has 1 N–H and O–H groups in total. The number of benzene rings is 2. The molecule has 3 heterocycles. The van der Waals surface area contributed by atoms with Crippen LogP contribution < -0.4 is 5.32 Å². The molecule has 182 valence electrons. The van der Waals surface area contributed by atoms with E-state index in [1.165, 1.54) is 16.9 Å². The zero-order chi connectivity index (χ0) is 24.5. The smallest absolute Gasteiger partial charge is 0.278 e. The average Bonchev–Trinajstić information content (AvgIpc) is 3.50. The van der Waals surface area contributed by atoms with Crippen molar-refractivity contribution in [1.82, 2.24) is 19.7 Å². The Morgan fingerprint density at radius 1 is 1.00 bits per heavy atom. The summed E-state index contributed by atoms with van der Waals surface area (Å²) in [6.45, 7) is 3.05. The highest BCUT2D eigenvalue weighted by Crippen LogP contribution is 2.28. The Balaban J connectivity index is 1.19. The van der Waals surface area contributed by atoms with Crippen molar-refractivity contribution in [1.29, 1.82) is 0 Å². The zero-order valence-corrected chi connectivity index (χ0v) is 20.5. The van der Waals surface area contributed by atoms with E-state index < -0.39 is 0 Å². The molecule has 1 aliphatic heterocycles. The Morgan fingerprint density at radius 2 is 1.81 bits per heavy atom. The molecule has 0 spiro atoms. The van der Waals surface area contributed by atoms with Crippen molar-refractivity contribution in [2.24, 2.45) is 0 Å². The number of thiazole rings is 1. The van der Waals surface area contributed by atoms with Gasteiger partial charge in [-0.3, -0.25) is 19.6 Å². The van der Waals surface area contributed by atoms with Gasteiger partial charge in [-0.15, -0.1) is 0 Å². The van der Waals surface area contributed by atoms with Crippen molar-refractivity contribution in [3.8, 4) is 0 Å². The van der Waals surface area contributed by atoms with Gasteiger partial charge in [0.2, 0.25) is 5.91 Å². The van der Waals surface area contributed by atoms with E-state index in [1.54, 1.807) is 0 Å². The third-order valence-corrected chi connectivity index (χ3v) is 7.49. The van der Waals surface area contributed by atoms with Gasteiger partial charge < -0.3 is 9.64 Å². The lowest BCUT2D eigenvalue weighted by Crippen LogP contribution is -2.41. The molecule has 2 amide bonds. The summed E-state index contributed by atoms with van der Waals surface area (Å²) in [4.78, 5) is 32.3. The molecular weight excluding hydrogens is 474 g/mol. The molecule has 8 nitrogen and oxygen atoms in total. The molecule has 1 fully saturated rings. The predicted octanol–water partition coefficient (Wildman–Crippen LogP) is 4.40. The van der Waals surface area contributed by atoms with E-state index in [9.17, 15) is 9.59 Å². The van der Waals surface area contributed by atoms with Gasteiger partial charge in [0.15, 0.2) is 10.8 Å². The fourth-order valence-corrected chi connectivity index (χ4v) is 5.50. The molecule has 9 heteroatoms. The molecule has 0 radical (unpaired) electrons. The minimum Gasteiger partial charge on any atom is -0.378 e. The van der Waals surface area contributed by atoms with Crippen LogP contribution in [0.1, 0.15) is 23.3 Å². The van der Waals surface area contributed by atoms with E-state index in [0.717, 1.165) is 26.7 Å². The van der Waals surface area contributed by atoms with Crippen molar-refractivity contribution >= 4 is 49.4 Å². The lowest BCUT2D eigenvalue weighted by atomic mass is 9.98. The number of nitrogens with one attached hydrogen (secondary N) is 1. The van der Waals surface area contributed by atoms with Crippen molar-refractivity contribution in [2.75, 3.05) is 31.6 Å². The number of hydrogen-bond acceptors (Lipinski definition) is 6. The van der Waals surface area contributed by atoms with Crippen molar-refractivity contribution in [2.45, 2.75) is 19.4 Å². The second-order valence-electron chi connectivity index (χ2n) is 8.87. The molecule has 2 aliphatic rings. The quantitative estimate of drug-likeness (QED) is 0.411. The van der Waals surface area contributed by atoms with Gasteiger partial charge in [0.25, 0.3) is 5.91 Å². The summed E-state index contributed by atoms with van der Waals surface area (Å²) in [6, 6.07) is 15.6. The summed E-state index contributed by atoms with van der Waals surface area (Å²) in [5.74, 6) is -0.174. The number of carbonyl (C=O) groups excluding carboxylic acids is 2. The van der Waals surface area contributed by atoms with Gasteiger partial charge in [0.1, 0.15) is 0 Å². The van der Waals surface area contributed by atoms with E-state index in [1.807, 2.05) is 64.2 Å². The number of nitrogens with zero attached hydrogens (tertiary/aromatic N) is 4. The van der Waals surface area contributed by atoms with Crippen LogP contribution in [0.4, 0.5) is 5.13 Å². The second-order valence-corrected chi connectivity index (χ2v) is 9.90. The van der Waals surface area contributed by atoms with Gasteiger partial charge in [-0.1, -0.05) is 53.8 Å². The van der Waals surface area contributed by atoms with E-state index in [-0.39, 0.29) is 11.8 Å². The van der Waals surface area contributed by atoms with Crippen LogP contribution in [0.2, 0.25) is 0 Å². The largest absolute Gasteiger partial charge is 0.378 e. The Kier molecular flexibility index (Phi) is 6.08. The molecule has 2 aromatic carbocycles. The number of anilines is 1. The van der Waals surface area contributed by atoms with Gasteiger partial charge in [-0.2, -0.15) is 5.10 Å². The number of morpholine rings is 1. The summed E-state index contributed by atoms with van der Waals surface area (Å²) < 4.78 is 8.25. The number of allylic oxidation sites excluding steroid dienone is 3. The van der Waals surface area contributed by atoms with E-state index in [2.05, 4.69) is 16.4 Å². The minimum absolute atomic E-state index is 0.104. The summed E-state index contributed by atoms with van der Waals surface area (Å²) >= 11 is 1.44. The van der Waals surface area contributed by atoms with Crippen LogP contribution in [0.15, 0.2) is 71.8 Å². The molecule has 0 atom stereocenters. The second kappa shape index (κ2) is 9.67. The zero-order valence-electron chi connectivity index (χ0n) is 19.6. The first-order chi connectivity index (χ1) is 17.7. The number of aromatic nitrogens is 3. The summed E-state index contributed by atoms with van der Waals surface area (Å²) in [5.41, 5.74) is 4.13. The molecule has 36 heavy (non-hydrogen) atoms. The van der Waals surface area contributed by atoms with Gasteiger partial charge in [-0.05, 0) is 36.6 Å². The van der Waals surface area contributed by atoms with E-state index in [4.69, 9.17) is 9.84 Å². The lowest BCUT2D eigenvalue weighted by Gasteiger charge is -2.28. The molecule has 1 aliphatic carbocycles. The number of carbonyl (C=O) groups is 2. The number of ether oxygens (including phenoxy) is 1. The first-order valence-corrected chi connectivity index (χ1v) is 12.8. The highest BCUT2D eigenvalue weighted by atomic mass is 32.1. The number of fused-ring (bicyclic) bond motifs is 2. The number of para-hydroxylation sites is 2. The SMILES string of the molecule is O=C(Nc1nc2ccccc2s1)c1nn(CC2=CCC(C(=O)N3CCOCC3)=CC2)c2ccccc12. The number of amides is 2. The van der Waals surface area contributed by atoms with Crippen molar-refractivity contribution < 1.29 is 14.3 Å². The highest BCUT2D eigenvalue weighted by Gasteiger charge is 2.23. The monoisotopic (exact) mass is 499 g/mol. The molecule has 0 saturated carbocycles. The predicted molar refractivity (Wildman–Crippen MR) is 140 cm³/mol. The molecule has 2 aromatic heterocycles. The molecule has 1 saturated heterocycles. The summed E-state index contributed by atoms with van der Waals surface area (Å²) in [6.07, 6.45) is 5.44. The molecule has 4 aromatic rings. The molecule has 0 bridgehead atoms. The van der Waals surface area contributed by atoms with Crippen molar-refractivity contribution in [3.05, 3.63) is 77.5 Å². The Bertz CT molecular complexity index is 1490. The van der Waals surface area contributed by atoms with Gasteiger partial charge >= 0.3 is 0 Å². The van der Waals surface area contributed by atoms with Crippen LogP contribution in [0.3, 0.4) is 0 Å². The normalized spacial score (nSPS) is 16.2. The van der Waals surface area contributed by atoms with Crippen LogP contribution in [0.5, 0.6) is 0 Å². The van der Waals surface area contributed by atoms with Crippen LogP contribution in [0.25, 0.3) is 21.1 Å². The van der Waals surface area contributed by atoms with Gasteiger partial charge in [-0.25, -0.2) is 4.98 Å². The maximum atomic E-state index is 13.2. The first kappa shape index (κ1) is 22.6. The van der Waals surface area contributed by atoms with Crippen LogP contribution in [0, 0.1) is 0 Å². The third kappa shape index (κ3) is 4.43. The highest BCUT2D eigenvalue weighted by molar-refractivity contribution is 7.22. The first-order valence-electron chi connectivity index (χ1n) is 12.0. The average molecular weight is 500 g/mol. The van der Waals surface area contributed by atoms with Crippen LogP contribution >= 0.6 is 11.3 Å². The Labute approximate surface area is 211 Å². The topological polar surface area (TPSA) is 89.3 Å². The minimum atomic E-state index is -0.278. The Morgan fingerprint density at radius 3 is 2.61 bits per heavy atom. The van der Waals surface area contributed by atoms with Gasteiger partial charge in [0, 0.05) is 24.0 Å². The van der Waals surface area contributed by atoms with Crippen LogP contribution in [-0.2, 0) is 16.1 Å². The molecule has 6 rings (SSSR count). The fraction of sp³-hybridized carbons (Fsp3) is 0.259. The van der Waals surface area contributed by atoms with E-state index in [0.29, 0.717) is 56.5 Å². The molecule has 0 unspecified atom stereocenters. The van der Waals surface area contributed by atoms with Crippen molar-refractivity contribution in [3.63, 3.8) is 0 Å². The number of rotatable bonds is 5. The molecular formula is C27H25N5O3S. The summed E-state index contributed by atoms with van der Waals surface area (Å²) in [5, 5.41) is 8.97. The third-order valence-electron chi connectivity index (χ3n) is 6.53. The Hall–Kier alpha value is -3.82. The standard InChI is InChI=1S/C27H25N5O3S/c33-25(29-27-28-21-6-2-4-8-23(21)36-27)24-20-5-1-3-7-22(20)32(30-24)17-18-9-11-19(12-10-18)26(34)31-13-15-35-16-14-31/h1-9,12H,10-11,13-17H2,(H,28,29,33). The van der Waals surface area contributed by atoms with Gasteiger partial charge in [0.05, 0.1) is 35.5 Å². The maximum Gasteiger partial charge on any atom is 0.278 e. The number of hydrogen-bond donors (Lipinski definition) is 1. The lowest BCUT2D eigenvalue weighted by molar-refractivity contribution is -0.131. The summed E-state index contributed by atoms with van der Waals surface area (Å²) in [7, 11) is 0. The van der Waals surface area contributed by atoms with Crippen LogP contribution in [-0.4, -0.2) is 57.8 Å².